The first kappa shape index (κ1) is 15.3. The largest absolute Gasteiger partial charge is 0.0832 e. The summed E-state index contributed by atoms with van der Waals surface area (Å²) in [7, 11) is 0. The lowest BCUT2D eigenvalue weighted by Gasteiger charge is -2.12. The Bertz CT molecular complexity index is 551. The van der Waals surface area contributed by atoms with Crippen molar-refractivity contribution in [1.82, 2.24) is 0 Å². The van der Waals surface area contributed by atoms with E-state index < -0.39 is 0 Å². The third kappa shape index (κ3) is 3.96. The van der Waals surface area contributed by atoms with E-state index in [0.29, 0.717) is 0 Å². The molecule has 100 valence electrons. The second kappa shape index (κ2) is 7.09. The fraction of sp³-hybridized carbons (Fsp3) is 0.250. The molecule has 3 heteroatoms. The molecule has 0 saturated carbocycles. The molecular formula is C16H15BrClI. The first-order valence-corrected chi connectivity index (χ1v) is 8.67. The molecule has 2 rings (SSSR count). The summed E-state index contributed by atoms with van der Waals surface area (Å²) in [5.74, 6) is 0. The Kier molecular flexibility index (Phi) is 5.72. The Morgan fingerprint density at radius 3 is 2.32 bits per heavy atom. The van der Waals surface area contributed by atoms with Crippen molar-refractivity contribution >= 4 is 50.1 Å². The first-order chi connectivity index (χ1) is 9.11. The lowest BCUT2D eigenvalue weighted by Crippen LogP contribution is -1.94. The van der Waals surface area contributed by atoms with Crippen LogP contribution in [0.25, 0.3) is 0 Å². The highest BCUT2D eigenvalue weighted by Crippen LogP contribution is 2.33. The second-order valence-corrected chi connectivity index (χ2v) is 7.01. The number of alkyl halides is 1. The summed E-state index contributed by atoms with van der Waals surface area (Å²) in [6.45, 7) is 2.20. The van der Waals surface area contributed by atoms with Crippen molar-refractivity contribution in [3.8, 4) is 0 Å². The van der Waals surface area contributed by atoms with Crippen LogP contribution >= 0.6 is 50.1 Å². The summed E-state index contributed by atoms with van der Waals surface area (Å²) < 4.78 is 1.08. The molecule has 0 radical (unpaired) electrons. The predicted octanol–water partition coefficient (Wildman–Crippen LogP) is 6.38. The maximum atomic E-state index is 6.18. The number of hydrogen-bond donors (Lipinski definition) is 0. The summed E-state index contributed by atoms with van der Waals surface area (Å²) in [6, 6.07) is 15.0. The second-order valence-electron chi connectivity index (χ2n) is 4.53. The third-order valence-corrected chi connectivity index (χ3v) is 5.68. The molecule has 0 aliphatic carbocycles. The Balaban J connectivity index is 2.22. The molecule has 0 aliphatic heterocycles. The van der Waals surface area contributed by atoms with Gasteiger partial charge in [0.05, 0.1) is 9.85 Å². The number of halogens is 3. The third-order valence-electron chi connectivity index (χ3n) is 3.05. The van der Waals surface area contributed by atoms with E-state index in [0.717, 1.165) is 15.0 Å². The zero-order chi connectivity index (χ0) is 13.8. The molecule has 0 saturated heterocycles. The molecule has 0 bridgehead atoms. The molecule has 0 aliphatic rings. The van der Waals surface area contributed by atoms with Crippen LogP contribution in [0.2, 0.25) is 5.02 Å². The van der Waals surface area contributed by atoms with Crippen LogP contribution in [0.1, 0.15) is 34.9 Å². The minimum Gasteiger partial charge on any atom is -0.0832 e. The van der Waals surface area contributed by atoms with Crippen LogP contribution < -0.4 is 0 Å². The number of benzene rings is 2. The van der Waals surface area contributed by atoms with Gasteiger partial charge in [0.1, 0.15) is 0 Å². The van der Waals surface area contributed by atoms with Crippen LogP contribution in [-0.4, -0.2) is 0 Å². The predicted molar refractivity (Wildman–Crippen MR) is 95.4 cm³/mol. The molecule has 0 spiro atoms. The quantitative estimate of drug-likeness (QED) is 0.375. The zero-order valence-corrected chi connectivity index (χ0v) is 15.2. The van der Waals surface area contributed by atoms with E-state index in [2.05, 4.69) is 81.8 Å². The molecular weight excluding hydrogens is 434 g/mol. The van der Waals surface area contributed by atoms with Crippen molar-refractivity contribution < 1.29 is 0 Å². The first-order valence-electron chi connectivity index (χ1n) is 6.29. The minimum atomic E-state index is 0.192. The van der Waals surface area contributed by atoms with E-state index in [1.54, 1.807) is 0 Å². The van der Waals surface area contributed by atoms with Crippen molar-refractivity contribution in [1.29, 1.82) is 0 Å². The standard InChI is InChI=1S/C16H15BrClI/c1-2-3-11-4-6-12(7-5-11)16(17)13-8-9-15(19)14(18)10-13/h4-10,16H,2-3H2,1H3. The van der Waals surface area contributed by atoms with Gasteiger partial charge in [0.25, 0.3) is 0 Å². The molecule has 19 heavy (non-hydrogen) atoms. The molecule has 0 amide bonds. The van der Waals surface area contributed by atoms with Crippen LogP contribution in [0.5, 0.6) is 0 Å². The fourth-order valence-corrected chi connectivity index (χ4v) is 3.12. The van der Waals surface area contributed by atoms with Gasteiger partial charge in [0.15, 0.2) is 0 Å². The van der Waals surface area contributed by atoms with Crippen molar-refractivity contribution in [2.24, 2.45) is 0 Å². The fourth-order valence-electron chi connectivity index (χ4n) is 2.00. The van der Waals surface area contributed by atoms with Gasteiger partial charge in [-0.25, -0.2) is 0 Å². The maximum Gasteiger partial charge on any atom is 0.0645 e. The van der Waals surface area contributed by atoms with Crippen LogP contribution in [0.4, 0.5) is 0 Å². The molecule has 0 heterocycles. The maximum absolute atomic E-state index is 6.18. The normalized spacial score (nSPS) is 12.4. The van der Waals surface area contributed by atoms with Crippen LogP contribution in [-0.2, 0) is 6.42 Å². The van der Waals surface area contributed by atoms with Crippen molar-refractivity contribution in [3.05, 3.63) is 67.7 Å². The summed E-state index contributed by atoms with van der Waals surface area (Å²) in [5.41, 5.74) is 3.84. The smallest absolute Gasteiger partial charge is 0.0645 e. The van der Waals surface area contributed by atoms with Crippen LogP contribution in [0.15, 0.2) is 42.5 Å². The molecule has 0 fully saturated rings. The summed E-state index contributed by atoms with van der Waals surface area (Å²) in [6.07, 6.45) is 2.33. The van der Waals surface area contributed by atoms with Gasteiger partial charge in [-0.05, 0) is 57.8 Å². The van der Waals surface area contributed by atoms with Gasteiger partial charge < -0.3 is 0 Å². The van der Waals surface area contributed by atoms with E-state index in [4.69, 9.17) is 11.6 Å². The van der Waals surface area contributed by atoms with E-state index in [9.17, 15) is 0 Å². The number of aryl methyl sites for hydroxylation is 1. The molecule has 0 nitrogen and oxygen atoms in total. The highest BCUT2D eigenvalue weighted by atomic mass is 127. The van der Waals surface area contributed by atoms with Gasteiger partial charge in [-0.1, -0.05) is 71.2 Å². The monoisotopic (exact) mass is 448 g/mol. The minimum absolute atomic E-state index is 0.192. The zero-order valence-electron chi connectivity index (χ0n) is 10.7. The van der Waals surface area contributed by atoms with Gasteiger partial charge in [-0.2, -0.15) is 0 Å². The van der Waals surface area contributed by atoms with Crippen LogP contribution in [0.3, 0.4) is 0 Å². The Hall–Kier alpha value is -0.0600. The highest BCUT2D eigenvalue weighted by molar-refractivity contribution is 14.1. The van der Waals surface area contributed by atoms with E-state index in [-0.39, 0.29) is 4.83 Å². The van der Waals surface area contributed by atoms with Gasteiger partial charge in [0, 0.05) is 3.57 Å². The molecule has 0 aromatic heterocycles. The topological polar surface area (TPSA) is 0 Å². The molecule has 0 N–H and O–H groups in total. The Morgan fingerprint density at radius 1 is 1.11 bits per heavy atom. The lowest BCUT2D eigenvalue weighted by atomic mass is 10.0. The molecule has 1 unspecified atom stereocenters. The number of rotatable bonds is 4. The Labute approximate surface area is 141 Å². The Morgan fingerprint density at radius 2 is 1.74 bits per heavy atom. The van der Waals surface area contributed by atoms with Crippen molar-refractivity contribution in [3.63, 3.8) is 0 Å². The molecule has 2 aromatic rings. The summed E-state index contributed by atoms with van der Waals surface area (Å²) in [5, 5.41) is 0.810. The van der Waals surface area contributed by atoms with Gasteiger partial charge in [-0.3, -0.25) is 0 Å². The SMILES string of the molecule is CCCc1ccc(C(Br)c2ccc(I)c(Cl)c2)cc1. The average molecular weight is 450 g/mol. The van der Waals surface area contributed by atoms with Gasteiger partial charge in [0.2, 0.25) is 0 Å². The summed E-state index contributed by atoms with van der Waals surface area (Å²) >= 11 is 12.2. The van der Waals surface area contributed by atoms with E-state index in [1.807, 2.05) is 6.07 Å². The molecule has 2 aromatic carbocycles. The number of hydrogen-bond acceptors (Lipinski definition) is 0. The highest BCUT2D eigenvalue weighted by Gasteiger charge is 2.11. The van der Waals surface area contributed by atoms with Crippen molar-refractivity contribution in [2.75, 3.05) is 0 Å². The van der Waals surface area contributed by atoms with Gasteiger partial charge in [-0.15, -0.1) is 0 Å². The van der Waals surface area contributed by atoms with Gasteiger partial charge >= 0.3 is 0 Å². The van der Waals surface area contributed by atoms with E-state index in [1.165, 1.54) is 23.1 Å². The molecule has 1 atom stereocenters. The average Bonchev–Trinajstić information content (AvgIpc) is 2.42. The van der Waals surface area contributed by atoms with Crippen LogP contribution in [0, 0.1) is 3.57 Å². The van der Waals surface area contributed by atoms with E-state index >= 15 is 0 Å². The van der Waals surface area contributed by atoms with Crippen molar-refractivity contribution in [2.45, 2.75) is 24.6 Å². The lowest BCUT2D eigenvalue weighted by molar-refractivity contribution is 0.920. The summed E-state index contributed by atoms with van der Waals surface area (Å²) in [4.78, 5) is 0.192.